The molecule has 1 aromatic carbocycles. The van der Waals surface area contributed by atoms with E-state index in [9.17, 15) is 4.39 Å². The van der Waals surface area contributed by atoms with E-state index in [1.807, 2.05) is 20.0 Å². The highest BCUT2D eigenvalue weighted by atomic mass is 19.1. The van der Waals surface area contributed by atoms with Gasteiger partial charge in [-0.2, -0.15) is 0 Å². The minimum absolute atomic E-state index is 0.142. The summed E-state index contributed by atoms with van der Waals surface area (Å²) in [4.78, 5) is 0. The number of hydrogen-bond donors (Lipinski definition) is 1. The number of rotatable bonds is 6. The highest BCUT2D eigenvalue weighted by molar-refractivity contribution is 5.29. The maximum Gasteiger partial charge on any atom is 0.123 e. The zero-order valence-electron chi connectivity index (χ0n) is 10.5. The molecule has 0 fully saturated rings. The zero-order chi connectivity index (χ0) is 12.0. The third-order valence-corrected chi connectivity index (χ3v) is 3.06. The number of benzene rings is 1. The summed E-state index contributed by atoms with van der Waals surface area (Å²) in [5, 5.41) is 3.28. The number of aryl methyl sites for hydroxylation is 1. The molecule has 0 saturated heterocycles. The van der Waals surface area contributed by atoms with E-state index in [1.54, 1.807) is 6.07 Å². The van der Waals surface area contributed by atoms with Crippen LogP contribution in [0.4, 0.5) is 4.39 Å². The highest BCUT2D eigenvalue weighted by Gasteiger charge is 2.11. The molecule has 0 aromatic heterocycles. The summed E-state index contributed by atoms with van der Waals surface area (Å²) in [7, 11) is 1.95. The summed E-state index contributed by atoms with van der Waals surface area (Å²) in [6, 6.07) is 5.32. The predicted molar refractivity (Wildman–Crippen MR) is 67.1 cm³/mol. The van der Waals surface area contributed by atoms with Crippen LogP contribution in [-0.4, -0.2) is 7.05 Å². The topological polar surface area (TPSA) is 12.0 Å². The molecular formula is C14H22FN. The van der Waals surface area contributed by atoms with Gasteiger partial charge in [-0.3, -0.25) is 0 Å². The van der Waals surface area contributed by atoms with Crippen LogP contribution in [0.3, 0.4) is 0 Å². The van der Waals surface area contributed by atoms with Crippen molar-refractivity contribution in [3.05, 3.63) is 35.1 Å². The van der Waals surface area contributed by atoms with Crippen molar-refractivity contribution >= 4 is 0 Å². The molecule has 0 aliphatic heterocycles. The monoisotopic (exact) mass is 223 g/mol. The lowest BCUT2D eigenvalue weighted by atomic mass is 9.96. The summed E-state index contributed by atoms with van der Waals surface area (Å²) in [5.41, 5.74) is 2.26. The van der Waals surface area contributed by atoms with Crippen LogP contribution in [-0.2, 0) is 0 Å². The molecule has 0 saturated carbocycles. The van der Waals surface area contributed by atoms with Gasteiger partial charge in [0.1, 0.15) is 5.82 Å². The first-order chi connectivity index (χ1) is 7.69. The highest BCUT2D eigenvalue weighted by Crippen LogP contribution is 2.23. The van der Waals surface area contributed by atoms with E-state index < -0.39 is 0 Å². The summed E-state index contributed by atoms with van der Waals surface area (Å²) < 4.78 is 13.2. The van der Waals surface area contributed by atoms with E-state index in [0.717, 1.165) is 17.5 Å². The molecule has 16 heavy (non-hydrogen) atoms. The van der Waals surface area contributed by atoms with Crippen molar-refractivity contribution in [2.24, 2.45) is 0 Å². The van der Waals surface area contributed by atoms with Crippen LogP contribution in [0.15, 0.2) is 18.2 Å². The number of nitrogens with one attached hydrogen (secondary N) is 1. The molecule has 1 aromatic rings. The van der Waals surface area contributed by atoms with Crippen molar-refractivity contribution in [3.63, 3.8) is 0 Å². The van der Waals surface area contributed by atoms with Gasteiger partial charge in [-0.1, -0.05) is 32.3 Å². The van der Waals surface area contributed by atoms with Gasteiger partial charge in [0.2, 0.25) is 0 Å². The number of unbranched alkanes of at least 4 members (excludes halogenated alkanes) is 2. The summed E-state index contributed by atoms with van der Waals surface area (Å²) in [5.74, 6) is -0.142. The number of hydrogen-bond acceptors (Lipinski definition) is 1. The van der Waals surface area contributed by atoms with Crippen molar-refractivity contribution in [3.8, 4) is 0 Å². The molecule has 0 bridgehead atoms. The molecule has 1 atom stereocenters. The molecular weight excluding hydrogens is 201 g/mol. The fraction of sp³-hybridized carbons (Fsp3) is 0.571. The zero-order valence-corrected chi connectivity index (χ0v) is 10.5. The molecule has 0 heterocycles. The molecule has 0 spiro atoms. The van der Waals surface area contributed by atoms with Gasteiger partial charge < -0.3 is 5.32 Å². The fourth-order valence-electron chi connectivity index (χ4n) is 2.04. The van der Waals surface area contributed by atoms with Crippen LogP contribution in [0.2, 0.25) is 0 Å². The third kappa shape index (κ3) is 3.60. The van der Waals surface area contributed by atoms with E-state index in [1.165, 1.54) is 25.3 Å². The van der Waals surface area contributed by atoms with Crippen LogP contribution < -0.4 is 5.32 Å². The van der Waals surface area contributed by atoms with Crippen LogP contribution in [0.5, 0.6) is 0 Å². The van der Waals surface area contributed by atoms with Crippen molar-refractivity contribution in [2.45, 2.75) is 45.6 Å². The second-order valence-corrected chi connectivity index (χ2v) is 4.34. The van der Waals surface area contributed by atoms with Crippen molar-refractivity contribution in [2.75, 3.05) is 7.05 Å². The lowest BCUT2D eigenvalue weighted by molar-refractivity contribution is 0.506. The first-order valence-electron chi connectivity index (χ1n) is 6.12. The van der Waals surface area contributed by atoms with Gasteiger partial charge in [0.05, 0.1) is 0 Å². The Kier molecular flexibility index (Phi) is 5.47. The Bertz CT molecular complexity index is 323. The molecule has 2 heteroatoms. The first kappa shape index (κ1) is 13.2. The van der Waals surface area contributed by atoms with Crippen LogP contribution in [0, 0.1) is 12.7 Å². The molecule has 1 rings (SSSR count). The second-order valence-electron chi connectivity index (χ2n) is 4.34. The van der Waals surface area contributed by atoms with Crippen LogP contribution >= 0.6 is 0 Å². The summed E-state index contributed by atoms with van der Waals surface area (Å²) in [6.07, 6.45) is 4.73. The molecule has 1 nitrogen and oxygen atoms in total. The average molecular weight is 223 g/mol. The van der Waals surface area contributed by atoms with E-state index in [-0.39, 0.29) is 11.9 Å². The Morgan fingerprint density at radius 1 is 1.31 bits per heavy atom. The maximum absolute atomic E-state index is 13.2. The van der Waals surface area contributed by atoms with Crippen LogP contribution in [0.25, 0.3) is 0 Å². The van der Waals surface area contributed by atoms with Gasteiger partial charge in [-0.15, -0.1) is 0 Å². The largest absolute Gasteiger partial charge is 0.313 e. The average Bonchev–Trinajstić information content (AvgIpc) is 2.28. The summed E-state index contributed by atoms with van der Waals surface area (Å²) >= 11 is 0. The normalized spacial score (nSPS) is 12.8. The van der Waals surface area contributed by atoms with Gasteiger partial charge in [0.15, 0.2) is 0 Å². The quantitative estimate of drug-likeness (QED) is 0.719. The molecule has 0 aliphatic carbocycles. The van der Waals surface area contributed by atoms with Gasteiger partial charge in [-0.25, -0.2) is 4.39 Å². The fourth-order valence-corrected chi connectivity index (χ4v) is 2.04. The summed E-state index contributed by atoms with van der Waals surface area (Å²) in [6.45, 7) is 4.24. The van der Waals surface area contributed by atoms with E-state index in [2.05, 4.69) is 12.2 Å². The maximum atomic E-state index is 13.2. The smallest absolute Gasteiger partial charge is 0.123 e. The second kappa shape index (κ2) is 6.64. The van der Waals surface area contributed by atoms with E-state index in [4.69, 9.17) is 0 Å². The first-order valence-corrected chi connectivity index (χ1v) is 6.12. The Morgan fingerprint density at radius 3 is 2.69 bits per heavy atom. The Hall–Kier alpha value is -0.890. The van der Waals surface area contributed by atoms with Crippen LogP contribution in [0.1, 0.15) is 49.8 Å². The minimum atomic E-state index is -0.142. The van der Waals surface area contributed by atoms with E-state index in [0.29, 0.717) is 0 Å². The Labute approximate surface area is 98.1 Å². The van der Waals surface area contributed by atoms with Gasteiger partial charge in [0, 0.05) is 6.04 Å². The predicted octanol–water partition coefficient (Wildman–Crippen LogP) is 3.97. The lowest BCUT2D eigenvalue weighted by Crippen LogP contribution is -2.17. The van der Waals surface area contributed by atoms with Gasteiger partial charge in [-0.05, 0) is 43.7 Å². The molecule has 0 amide bonds. The molecule has 1 N–H and O–H groups in total. The minimum Gasteiger partial charge on any atom is -0.313 e. The Balaban J connectivity index is 2.73. The molecule has 0 radical (unpaired) electrons. The SMILES string of the molecule is CCCCCC(NC)c1cc(F)ccc1C. The van der Waals surface area contributed by atoms with Crippen molar-refractivity contribution < 1.29 is 4.39 Å². The molecule has 90 valence electrons. The Morgan fingerprint density at radius 2 is 2.06 bits per heavy atom. The molecule has 0 aliphatic rings. The van der Waals surface area contributed by atoms with Crippen molar-refractivity contribution in [1.82, 2.24) is 5.32 Å². The van der Waals surface area contributed by atoms with E-state index >= 15 is 0 Å². The standard InChI is InChI=1S/C14H22FN/c1-4-5-6-7-14(16-3)13-10-12(15)9-8-11(13)2/h8-10,14,16H,4-7H2,1-3H3. The third-order valence-electron chi connectivity index (χ3n) is 3.06. The van der Waals surface area contributed by atoms with Gasteiger partial charge >= 0.3 is 0 Å². The lowest BCUT2D eigenvalue weighted by Gasteiger charge is -2.18. The molecule has 1 unspecified atom stereocenters. The number of halogens is 1. The van der Waals surface area contributed by atoms with Gasteiger partial charge in [0.25, 0.3) is 0 Å². The van der Waals surface area contributed by atoms with Crippen molar-refractivity contribution in [1.29, 1.82) is 0 Å².